The van der Waals surface area contributed by atoms with E-state index in [1.54, 1.807) is 18.3 Å². The Balaban J connectivity index is 2.41. The summed E-state index contributed by atoms with van der Waals surface area (Å²) in [6, 6.07) is 5.93. The smallest absolute Gasteiger partial charge is 0.123 e. The van der Waals surface area contributed by atoms with Gasteiger partial charge in [-0.1, -0.05) is 6.07 Å². The van der Waals surface area contributed by atoms with Crippen molar-refractivity contribution in [1.82, 2.24) is 9.97 Å². The highest BCUT2D eigenvalue weighted by molar-refractivity contribution is 5.32. The molecular formula is C12H11FN2O. The summed E-state index contributed by atoms with van der Waals surface area (Å²) in [5, 5.41) is 10.0. The molecule has 1 unspecified atom stereocenters. The maximum atomic E-state index is 13.1. The van der Waals surface area contributed by atoms with Gasteiger partial charge in [0.15, 0.2) is 0 Å². The Morgan fingerprint density at radius 1 is 1.31 bits per heavy atom. The SMILES string of the molecule is Cc1ccc(F)cc1C(O)c1ccncn1. The molecule has 1 atom stereocenters. The van der Waals surface area contributed by atoms with Crippen LogP contribution in [0.15, 0.2) is 36.8 Å². The molecule has 0 radical (unpaired) electrons. The molecule has 0 saturated heterocycles. The zero-order valence-corrected chi connectivity index (χ0v) is 8.76. The van der Waals surface area contributed by atoms with E-state index in [0.29, 0.717) is 11.3 Å². The monoisotopic (exact) mass is 218 g/mol. The molecule has 4 heteroatoms. The summed E-state index contributed by atoms with van der Waals surface area (Å²) < 4.78 is 13.1. The molecule has 1 heterocycles. The molecule has 0 amide bonds. The van der Waals surface area contributed by atoms with Crippen LogP contribution >= 0.6 is 0 Å². The standard InChI is InChI=1S/C12H11FN2O/c1-8-2-3-9(13)6-10(8)12(16)11-4-5-14-7-15-11/h2-7,12,16H,1H3. The Bertz CT molecular complexity index is 488. The lowest BCUT2D eigenvalue weighted by Gasteiger charge is -2.12. The first-order valence-corrected chi connectivity index (χ1v) is 4.88. The number of halogens is 1. The summed E-state index contributed by atoms with van der Waals surface area (Å²) in [7, 11) is 0. The van der Waals surface area contributed by atoms with E-state index in [2.05, 4.69) is 9.97 Å². The molecule has 0 fully saturated rings. The van der Waals surface area contributed by atoms with Crippen LogP contribution in [0.4, 0.5) is 4.39 Å². The third kappa shape index (κ3) is 2.06. The molecule has 2 rings (SSSR count). The van der Waals surface area contributed by atoms with Crippen LogP contribution in [0.3, 0.4) is 0 Å². The van der Waals surface area contributed by atoms with E-state index in [0.717, 1.165) is 5.56 Å². The first-order valence-electron chi connectivity index (χ1n) is 4.88. The summed E-state index contributed by atoms with van der Waals surface area (Å²) in [6.07, 6.45) is 1.98. The van der Waals surface area contributed by atoms with Crippen molar-refractivity contribution in [1.29, 1.82) is 0 Å². The molecule has 0 spiro atoms. The van der Waals surface area contributed by atoms with E-state index < -0.39 is 6.10 Å². The van der Waals surface area contributed by atoms with Crippen LogP contribution in [0.1, 0.15) is 22.9 Å². The Morgan fingerprint density at radius 2 is 2.12 bits per heavy atom. The van der Waals surface area contributed by atoms with Crippen molar-refractivity contribution < 1.29 is 9.50 Å². The Labute approximate surface area is 92.6 Å². The lowest BCUT2D eigenvalue weighted by atomic mass is 10.0. The second-order valence-electron chi connectivity index (χ2n) is 3.54. The van der Waals surface area contributed by atoms with Gasteiger partial charge in [0.05, 0.1) is 5.69 Å². The lowest BCUT2D eigenvalue weighted by Crippen LogP contribution is -2.04. The average Bonchev–Trinajstić information content (AvgIpc) is 2.32. The van der Waals surface area contributed by atoms with Crippen molar-refractivity contribution in [3.05, 3.63) is 59.4 Å². The molecule has 1 aromatic heterocycles. The molecule has 16 heavy (non-hydrogen) atoms. The zero-order chi connectivity index (χ0) is 11.5. The molecule has 82 valence electrons. The number of benzene rings is 1. The van der Waals surface area contributed by atoms with E-state index in [1.165, 1.54) is 18.5 Å². The minimum atomic E-state index is -0.918. The van der Waals surface area contributed by atoms with Crippen molar-refractivity contribution in [2.24, 2.45) is 0 Å². The Morgan fingerprint density at radius 3 is 2.81 bits per heavy atom. The van der Waals surface area contributed by atoms with Crippen molar-refractivity contribution >= 4 is 0 Å². The Hall–Kier alpha value is -1.81. The van der Waals surface area contributed by atoms with Gasteiger partial charge >= 0.3 is 0 Å². The highest BCUT2D eigenvalue weighted by Gasteiger charge is 2.14. The van der Waals surface area contributed by atoms with Crippen LogP contribution in [0.2, 0.25) is 0 Å². The van der Waals surface area contributed by atoms with Crippen molar-refractivity contribution in [3.8, 4) is 0 Å². The molecule has 3 nitrogen and oxygen atoms in total. The fourth-order valence-corrected chi connectivity index (χ4v) is 1.53. The highest BCUT2D eigenvalue weighted by atomic mass is 19.1. The first kappa shape index (κ1) is 10.7. The highest BCUT2D eigenvalue weighted by Crippen LogP contribution is 2.23. The van der Waals surface area contributed by atoms with Gasteiger partial charge in [0.1, 0.15) is 18.2 Å². The van der Waals surface area contributed by atoms with Crippen LogP contribution in [-0.2, 0) is 0 Å². The molecule has 1 N–H and O–H groups in total. The molecule has 0 aliphatic carbocycles. The minimum Gasteiger partial charge on any atom is -0.382 e. The summed E-state index contributed by atoms with van der Waals surface area (Å²) in [5.41, 5.74) is 1.81. The predicted octanol–water partition coefficient (Wildman–Crippen LogP) is 2.01. The van der Waals surface area contributed by atoms with E-state index in [-0.39, 0.29) is 5.82 Å². The molecule has 2 aromatic rings. The lowest BCUT2D eigenvalue weighted by molar-refractivity contribution is 0.214. The molecule has 0 saturated carbocycles. The van der Waals surface area contributed by atoms with Gasteiger partial charge in [-0.2, -0.15) is 0 Å². The number of nitrogens with zero attached hydrogens (tertiary/aromatic N) is 2. The largest absolute Gasteiger partial charge is 0.382 e. The van der Waals surface area contributed by atoms with Crippen LogP contribution in [0.25, 0.3) is 0 Å². The number of aliphatic hydroxyl groups excluding tert-OH is 1. The van der Waals surface area contributed by atoms with Gasteiger partial charge in [-0.05, 0) is 36.2 Å². The summed E-state index contributed by atoms with van der Waals surface area (Å²) >= 11 is 0. The topological polar surface area (TPSA) is 46.0 Å². The summed E-state index contributed by atoms with van der Waals surface area (Å²) in [6.45, 7) is 1.82. The number of aliphatic hydroxyl groups is 1. The quantitative estimate of drug-likeness (QED) is 0.838. The van der Waals surface area contributed by atoms with Gasteiger partial charge in [-0.25, -0.2) is 14.4 Å². The Kier molecular flexibility index (Phi) is 2.92. The minimum absolute atomic E-state index is 0.367. The number of aromatic nitrogens is 2. The molecule has 0 aliphatic rings. The van der Waals surface area contributed by atoms with Crippen molar-refractivity contribution in [3.63, 3.8) is 0 Å². The fourth-order valence-electron chi connectivity index (χ4n) is 1.53. The van der Waals surface area contributed by atoms with Crippen molar-refractivity contribution in [2.45, 2.75) is 13.0 Å². The number of hydrogen-bond donors (Lipinski definition) is 1. The average molecular weight is 218 g/mol. The van der Waals surface area contributed by atoms with E-state index >= 15 is 0 Å². The van der Waals surface area contributed by atoms with Gasteiger partial charge in [0.25, 0.3) is 0 Å². The van der Waals surface area contributed by atoms with Gasteiger partial charge in [0.2, 0.25) is 0 Å². The molecular weight excluding hydrogens is 207 g/mol. The number of rotatable bonds is 2. The molecule has 0 aliphatic heterocycles. The van der Waals surface area contributed by atoms with Crippen molar-refractivity contribution in [2.75, 3.05) is 0 Å². The fraction of sp³-hybridized carbons (Fsp3) is 0.167. The van der Waals surface area contributed by atoms with Crippen LogP contribution < -0.4 is 0 Å². The third-order valence-electron chi connectivity index (χ3n) is 2.42. The zero-order valence-electron chi connectivity index (χ0n) is 8.76. The van der Waals surface area contributed by atoms with Crippen LogP contribution in [-0.4, -0.2) is 15.1 Å². The van der Waals surface area contributed by atoms with Gasteiger partial charge in [-0.15, -0.1) is 0 Å². The maximum absolute atomic E-state index is 13.1. The van der Waals surface area contributed by atoms with Gasteiger partial charge < -0.3 is 5.11 Å². The molecule has 0 bridgehead atoms. The van der Waals surface area contributed by atoms with Crippen LogP contribution in [0, 0.1) is 12.7 Å². The van der Waals surface area contributed by atoms with E-state index in [4.69, 9.17) is 0 Å². The molecule has 1 aromatic carbocycles. The van der Waals surface area contributed by atoms with E-state index in [1.807, 2.05) is 6.92 Å². The third-order valence-corrected chi connectivity index (χ3v) is 2.42. The second-order valence-corrected chi connectivity index (χ2v) is 3.54. The van der Waals surface area contributed by atoms with Gasteiger partial charge in [0, 0.05) is 6.20 Å². The number of hydrogen-bond acceptors (Lipinski definition) is 3. The predicted molar refractivity (Wildman–Crippen MR) is 57.2 cm³/mol. The second kappa shape index (κ2) is 4.37. The summed E-state index contributed by atoms with van der Waals surface area (Å²) in [5.74, 6) is -0.367. The van der Waals surface area contributed by atoms with E-state index in [9.17, 15) is 9.50 Å². The van der Waals surface area contributed by atoms with Crippen LogP contribution in [0.5, 0.6) is 0 Å². The first-order chi connectivity index (χ1) is 7.68. The maximum Gasteiger partial charge on any atom is 0.123 e. The number of aryl methyl sites for hydroxylation is 1. The normalized spacial score (nSPS) is 12.4. The van der Waals surface area contributed by atoms with Gasteiger partial charge in [-0.3, -0.25) is 0 Å². The summed E-state index contributed by atoms with van der Waals surface area (Å²) in [4.78, 5) is 7.71.